The SMILES string of the molecule is COc1ccc(CNOC2CCCC2)cc1Cl. The van der Waals surface area contributed by atoms with Crippen LogP contribution in [0.5, 0.6) is 5.75 Å². The molecular weight excluding hydrogens is 238 g/mol. The van der Waals surface area contributed by atoms with Gasteiger partial charge in [-0.3, -0.25) is 4.84 Å². The molecule has 1 fully saturated rings. The number of rotatable bonds is 5. The van der Waals surface area contributed by atoms with Gasteiger partial charge in [0.05, 0.1) is 18.2 Å². The lowest BCUT2D eigenvalue weighted by atomic mass is 10.2. The van der Waals surface area contributed by atoms with Gasteiger partial charge in [0.1, 0.15) is 5.75 Å². The standard InChI is InChI=1S/C13H18ClNO2/c1-16-13-7-6-10(8-12(13)14)9-15-17-11-4-2-3-5-11/h6-8,11,15H,2-5,9H2,1H3. The van der Waals surface area contributed by atoms with Crippen molar-refractivity contribution in [1.29, 1.82) is 0 Å². The molecule has 0 unspecified atom stereocenters. The van der Waals surface area contributed by atoms with Gasteiger partial charge in [-0.2, -0.15) is 5.48 Å². The van der Waals surface area contributed by atoms with E-state index in [1.54, 1.807) is 7.11 Å². The van der Waals surface area contributed by atoms with E-state index < -0.39 is 0 Å². The fourth-order valence-corrected chi connectivity index (χ4v) is 2.35. The fraction of sp³-hybridized carbons (Fsp3) is 0.538. The van der Waals surface area contributed by atoms with Crippen LogP contribution in [-0.4, -0.2) is 13.2 Å². The second kappa shape index (κ2) is 6.24. The molecule has 0 aromatic heterocycles. The summed E-state index contributed by atoms with van der Waals surface area (Å²) in [6, 6.07) is 5.75. The first-order chi connectivity index (χ1) is 8.29. The highest BCUT2D eigenvalue weighted by molar-refractivity contribution is 6.32. The van der Waals surface area contributed by atoms with E-state index in [0.29, 0.717) is 23.4 Å². The number of hydroxylamine groups is 1. The summed E-state index contributed by atoms with van der Waals surface area (Å²) >= 11 is 6.04. The Kier molecular flexibility index (Phi) is 4.66. The molecule has 4 heteroatoms. The van der Waals surface area contributed by atoms with Crippen LogP contribution in [0.4, 0.5) is 0 Å². The Labute approximate surface area is 107 Å². The predicted octanol–water partition coefficient (Wildman–Crippen LogP) is 3.31. The Morgan fingerprint density at radius 1 is 1.35 bits per heavy atom. The molecule has 1 N–H and O–H groups in total. The first-order valence-corrected chi connectivity index (χ1v) is 6.38. The number of nitrogens with one attached hydrogen (secondary N) is 1. The van der Waals surface area contributed by atoms with Crippen molar-refractivity contribution >= 4 is 11.6 Å². The quantitative estimate of drug-likeness (QED) is 0.819. The molecule has 17 heavy (non-hydrogen) atoms. The van der Waals surface area contributed by atoms with Crippen LogP contribution in [-0.2, 0) is 11.4 Å². The summed E-state index contributed by atoms with van der Waals surface area (Å²) in [5.41, 5.74) is 4.10. The van der Waals surface area contributed by atoms with E-state index in [2.05, 4.69) is 5.48 Å². The molecule has 0 atom stereocenters. The minimum atomic E-state index is 0.378. The van der Waals surface area contributed by atoms with Gasteiger partial charge in [-0.05, 0) is 30.5 Å². The van der Waals surface area contributed by atoms with E-state index in [9.17, 15) is 0 Å². The summed E-state index contributed by atoms with van der Waals surface area (Å²) in [6.07, 6.45) is 5.26. The number of ether oxygens (including phenoxy) is 1. The number of methoxy groups -OCH3 is 1. The summed E-state index contributed by atoms with van der Waals surface area (Å²) in [7, 11) is 1.61. The highest BCUT2D eigenvalue weighted by Gasteiger charge is 2.15. The van der Waals surface area contributed by atoms with Crippen LogP contribution in [0.2, 0.25) is 5.02 Å². The van der Waals surface area contributed by atoms with Crippen LogP contribution in [0.3, 0.4) is 0 Å². The lowest BCUT2D eigenvalue weighted by Crippen LogP contribution is -2.21. The molecule has 0 amide bonds. The summed E-state index contributed by atoms with van der Waals surface area (Å²) in [4.78, 5) is 5.58. The fourth-order valence-electron chi connectivity index (χ4n) is 2.07. The maximum atomic E-state index is 6.04. The topological polar surface area (TPSA) is 30.5 Å². The Morgan fingerprint density at radius 3 is 2.76 bits per heavy atom. The van der Waals surface area contributed by atoms with Gasteiger partial charge in [-0.1, -0.05) is 30.5 Å². The Hall–Kier alpha value is -0.770. The minimum absolute atomic E-state index is 0.378. The second-order valence-corrected chi connectivity index (χ2v) is 4.72. The van der Waals surface area contributed by atoms with Crippen LogP contribution in [0, 0.1) is 0 Å². The smallest absolute Gasteiger partial charge is 0.137 e. The maximum absolute atomic E-state index is 6.04. The Balaban J connectivity index is 1.80. The van der Waals surface area contributed by atoms with Gasteiger partial charge < -0.3 is 4.74 Å². The lowest BCUT2D eigenvalue weighted by Gasteiger charge is -2.12. The zero-order valence-corrected chi connectivity index (χ0v) is 10.8. The molecule has 1 aromatic rings. The molecule has 94 valence electrons. The summed E-state index contributed by atoms with van der Waals surface area (Å²) in [5, 5.41) is 0.632. The van der Waals surface area contributed by atoms with Crippen molar-refractivity contribution in [3.05, 3.63) is 28.8 Å². The van der Waals surface area contributed by atoms with Gasteiger partial charge in [-0.15, -0.1) is 0 Å². The average molecular weight is 256 g/mol. The third kappa shape index (κ3) is 3.60. The van der Waals surface area contributed by atoms with E-state index in [-0.39, 0.29) is 0 Å². The van der Waals surface area contributed by atoms with Gasteiger partial charge in [0.15, 0.2) is 0 Å². The van der Waals surface area contributed by atoms with Gasteiger partial charge in [-0.25, -0.2) is 0 Å². The van der Waals surface area contributed by atoms with Crippen LogP contribution >= 0.6 is 11.6 Å². The van der Waals surface area contributed by atoms with Crippen molar-refractivity contribution in [1.82, 2.24) is 5.48 Å². The predicted molar refractivity (Wildman–Crippen MR) is 68.2 cm³/mol. The molecule has 0 radical (unpaired) electrons. The molecule has 0 saturated heterocycles. The van der Waals surface area contributed by atoms with Gasteiger partial charge >= 0.3 is 0 Å². The van der Waals surface area contributed by atoms with Crippen LogP contribution in [0.25, 0.3) is 0 Å². The first kappa shape index (κ1) is 12.7. The molecule has 0 heterocycles. The van der Waals surface area contributed by atoms with E-state index in [4.69, 9.17) is 21.2 Å². The zero-order chi connectivity index (χ0) is 12.1. The largest absolute Gasteiger partial charge is 0.495 e. The lowest BCUT2D eigenvalue weighted by molar-refractivity contribution is -0.0244. The molecular formula is C13H18ClNO2. The van der Waals surface area contributed by atoms with Crippen molar-refractivity contribution < 1.29 is 9.57 Å². The van der Waals surface area contributed by atoms with E-state index >= 15 is 0 Å². The third-order valence-corrected chi connectivity index (χ3v) is 3.34. The van der Waals surface area contributed by atoms with E-state index in [1.807, 2.05) is 18.2 Å². The van der Waals surface area contributed by atoms with E-state index in [0.717, 1.165) is 18.4 Å². The molecule has 2 rings (SSSR count). The molecule has 1 aliphatic carbocycles. The van der Waals surface area contributed by atoms with Gasteiger partial charge in [0.25, 0.3) is 0 Å². The highest BCUT2D eigenvalue weighted by Crippen LogP contribution is 2.25. The number of hydrogen-bond donors (Lipinski definition) is 1. The van der Waals surface area contributed by atoms with Crippen molar-refractivity contribution in [3.8, 4) is 5.75 Å². The third-order valence-electron chi connectivity index (χ3n) is 3.04. The van der Waals surface area contributed by atoms with Crippen molar-refractivity contribution in [2.75, 3.05) is 7.11 Å². The zero-order valence-electron chi connectivity index (χ0n) is 10.0. The minimum Gasteiger partial charge on any atom is -0.495 e. The van der Waals surface area contributed by atoms with Gasteiger partial charge in [0, 0.05) is 6.54 Å². The van der Waals surface area contributed by atoms with Crippen molar-refractivity contribution in [2.45, 2.75) is 38.3 Å². The van der Waals surface area contributed by atoms with E-state index in [1.165, 1.54) is 12.8 Å². The monoisotopic (exact) mass is 255 g/mol. The summed E-state index contributed by atoms with van der Waals surface area (Å²) in [6.45, 7) is 0.667. The molecule has 1 aliphatic rings. The summed E-state index contributed by atoms with van der Waals surface area (Å²) in [5.74, 6) is 0.701. The van der Waals surface area contributed by atoms with Crippen LogP contribution in [0.15, 0.2) is 18.2 Å². The van der Waals surface area contributed by atoms with Crippen LogP contribution < -0.4 is 10.2 Å². The van der Waals surface area contributed by atoms with Crippen molar-refractivity contribution in [2.24, 2.45) is 0 Å². The number of halogens is 1. The number of hydrogen-bond acceptors (Lipinski definition) is 3. The molecule has 0 bridgehead atoms. The Bertz CT molecular complexity index is 364. The normalized spacial score (nSPS) is 16.4. The number of benzene rings is 1. The molecule has 3 nitrogen and oxygen atoms in total. The van der Waals surface area contributed by atoms with Gasteiger partial charge in [0.2, 0.25) is 0 Å². The molecule has 0 aliphatic heterocycles. The van der Waals surface area contributed by atoms with Crippen molar-refractivity contribution in [3.63, 3.8) is 0 Å². The molecule has 1 aromatic carbocycles. The van der Waals surface area contributed by atoms with Crippen LogP contribution in [0.1, 0.15) is 31.2 Å². The molecule has 0 spiro atoms. The maximum Gasteiger partial charge on any atom is 0.137 e. The average Bonchev–Trinajstić information content (AvgIpc) is 2.82. The second-order valence-electron chi connectivity index (χ2n) is 4.31. The Morgan fingerprint density at radius 2 is 2.12 bits per heavy atom. The highest BCUT2D eigenvalue weighted by atomic mass is 35.5. The first-order valence-electron chi connectivity index (χ1n) is 6.00. The molecule has 1 saturated carbocycles. The summed E-state index contributed by atoms with van der Waals surface area (Å²) < 4.78 is 5.10.